The summed E-state index contributed by atoms with van der Waals surface area (Å²) in [6.45, 7) is 5.59. The van der Waals surface area contributed by atoms with Crippen molar-refractivity contribution < 1.29 is 58.2 Å². The topological polar surface area (TPSA) is 175 Å². The van der Waals surface area contributed by atoms with E-state index >= 15 is 0 Å². The minimum absolute atomic E-state index is 0.0249. The van der Waals surface area contributed by atoms with Gasteiger partial charge in [-0.15, -0.1) is 0 Å². The van der Waals surface area contributed by atoms with Gasteiger partial charge in [-0.25, -0.2) is 4.79 Å². The average molecular weight is 1100 g/mol. The van der Waals surface area contributed by atoms with Crippen molar-refractivity contribution in [2.75, 3.05) is 13.2 Å². The highest BCUT2D eigenvalue weighted by atomic mass is 16.7. The van der Waals surface area contributed by atoms with Gasteiger partial charge >= 0.3 is 23.9 Å². The van der Waals surface area contributed by atoms with Crippen LogP contribution in [0.4, 0.5) is 0 Å². The number of unbranched alkanes of at least 4 members (excludes halogenated alkanes) is 11. The van der Waals surface area contributed by atoms with Crippen LogP contribution in [0.1, 0.15) is 201 Å². The molecule has 6 unspecified atom stereocenters. The summed E-state index contributed by atoms with van der Waals surface area (Å²) in [5, 5.41) is 31.5. The molecule has 0 saturated carbocycles. The molecule has 0 spiro atoms. The molecule has 1 fully saturated rings. The summed E-state index contributed by atoms with van der Waals surface area (Å²) in [7, 11) is 0. The predicted octanol–water partition coefficient (Wildman–Crippen LogP) is 15.6. The van der Waals surface area contributed by atoms with Crippen LogP contribution in [0.5, 0.6) is 0 Å². The van der Waals surface area contributed by atoms with E-state index in [0.29, 0.717) is 25.7 Å². The van der Waals surface area contributed by atoms with Crippen molar-refractivity contribution in [2.45, 2.75) is 237 Å². The van der Waals surface area contributed by atoms with Crippen molar-refractivity contribution in [3.63, 3.8) is 0 Å². The fourth-order valence-corrected chi connectivity index (χ4v) is 7.93. The van der Waals surface area contributed by atoms with Gasteiger partial charge in [0, 0.05) is 12.8 Å². The standard InChI is InChI=1S/C67H102O12/c1-4-7-10-13-16-19-22-25-28-29-30-31-34-35-38-41-44-47-50-53-59(68)75-56-58(77-60(69)54-51-48-45-42-39-36-32-26-23-20-17-14-11-8-5-2)57-76-67-65(63(72)62(71)64(79-67)66(73)74)78-61(70)55-52-49-46-43-40-37-33-27-24-21-18-15-12-9-6-3/h7-8,10-11,16-17,19-20,25-28,30-33,35,38-39,42,44,47-48,51,58,62-65,67,71-72H,4-6,9,12-15,18,21-24,29,34,36-37,40-41,43,45-46,49-50,52-57H2,1-3H3,(H,73,74)/b10-7-,11-8-,19-16-,20-17-,28-25-,31-30-,32-26-,33-27-,38-35-,42-39-,47-44-,51-48-. The largest absolute Gasteiger partial charge is 0.479 e. The smallest absolute Gasteiger partial charge is 0.335 e. The third kappa shape index (κ3) is 43.1. The molecule has 0 aromatic carbocycles. The number of allylic oxidation sites excluding steroid dienone is 23. The Hall–Kier alpha value is -5.40. The molecule has 1 aliphatic heterocycles. The quantitative estimate of drug-likeness (QED) is 0.0228. The molecule has 0 radical (unpaired) electrons. The number of carboxylic acid groups (broad SMARTS) is 1. The highest BCUT2D eigenvalue weighted by Crippen LogP contribution is 2.26. The molecule has 442 valence electrons. The first-order valence-electron chi connectivity index (χ1n) is 29.8. The number of aliphatic hydroxyl groups excluding tert-OH is 2. The molecule has 1 saturated heterocycles. The second-order valence-electron chi connectivity index (χ2n) is 19.5. The van der Waals surface area contributed by atoms with Crippen LogP contribution in [0.2, 0.25) is 0 Å². The fraction of sp³-hybridized carbons (Fsp3) is 0.582. The van der Waals surface area contributed by atoms with Gasteiger partial charge in [-0.2, -0.15) is 0 Å². The Kier molecular flexibility index (Phi) is 48.3. The molecule has 3 N–H and O–H groups in total. The lowest BCUT2D eigenvalue weighted by Crippen LogP contribution is -2.61. The van der Waals surface area contributed by atoms with Crippen LogP contribution >= 0.6 is 0 Å². The van der Waals surface area contributed by atoms with Gasteiger partial charge in [0.1, 0.15) is 18.8 Å². The number of hydrogen-bond donors (Lipinski definition) is 3. The SMILES string of the molecule is CC/C=C\C/C=C\C/C=C\C/C=C\C/C=C\C/C=C\CCC(=O)OCC(COC1OC(C(=O)O)C(O)C(O)C1OC(=O)CCCCCCC/C=C\CCCCCCCC)OC(=O)C/C=C\C/C=C\C/C=C\C/C=C\C/C=C\CC. The van der Waals surface area contributed by atoms with Crippen molar-refractivity contribution in [3.8, 4) is 0 Å². The van der Waals surface area contributed by atoms with Gasteiger partial charge in [0.05, 0.1) is 13.0 Å². The summed E-state index contributed by atoms with van der Waals surface area (Å²) in [5.41, 5.74) is 0. The molecule has 0 amide bonds. The summed E-state index contributed by atoms with van der Waals surface area (Å²) < 4.78 is 28.2. The third-order valence-corrected chi connectivity index (χ3v) is 12.4. The number of carbonyl (C=O) groups excluding carboxylic acids is 3. The summed E-state index contributed by atoms with van der Waals surface area (Å²) in [6.07, 6.45) is 64.3. The molecule has 1 rings (SSSR count). The lowest BCUT2D eigenvalue weighted by Gasteiger charge is -2.40. The number of aliphatic carboxylic acids is 1. The Balaban J connectivity index is 2.80. The van der Waals surface area contributed by atoms with E-state index in [1.807, 2.05) is 30.4 Å². The zero-order chi connectivity index (χ0) is 57.5. The fourth-order valence-electron chi connectivity index (χ4n) is 7.93. The molecule has 1 aliphatic rings. The summed E-state index contributed by atoms with van der Waals surface area (Å²) >= 11 is 0. The molecule has 12 nitrogen and oxygen atoms in total. The minimum atomic E-state index is -1.94. The van der Waals surface area contributed by atoms with Crippen LogP contribution in [-0.2, 0) is 42.9 Å². The van der Waals surface area contributed by atoms with E-state index in [0.717, 1.165) is 96.3 Å². The van der Waals surface area contributed by atoms with Gasteiger partial charge in [0.15, 0.2) is 24.6 Å². The Morgan fingerprint density at radius 2 is 0.861 bits per heavy atom. The Bertz CT molecular complexity index is 1930. The third-order valence-electron chi connectivity index (χ3n) is 12.4. The number of ether oxygens (including phenoxy) is 5. The van der Waals surface area contributed by atoms with Crippen LogP contribution in [0.15, 0.2) is 146 Å². The maximum Gasteiger partial charge on any atom is 0.335 e. The zero-order valence-corrected chi connectivity index (χ0v) is 48.5. The van der Waals surface area contributed by atoms with Gasteiger partial charge in [-0.1, -0.05) is 218 Å². The van der Waals surface area contributed by atoms with Crippen molar-refractivity contribution in [3.05, 3.63) is 146 Å². The first-order valence-corrected chi connectivity index (χ1v) is 29.8. The number of aliphatic hydroxyl groups is 2. The molecule has 79 heavy (non-hydrogen) atoms. The molecule has 6 atom stereocenters. The maximum atomic E-state index is 13.1. The minimum Gasteiger partial charge on any atom is -0.479 e. The molecule has 1 heterocycles. The van der Waals surface area contributed by atoms with Gasteiger partial charge in [-0.3, -0.25) is 14.4 Å². The highest BCUT2D eigenvalue weighted by Gasteiger charge is 2.50. The first-order chi connectivity index (χ1) is 38.6. The van der Waals surface area contributed by atoms with Crippen molar-refractivity contribution >= 4 is 23.9 Å². The van der Waals surface area contributed by atoms with Crippen LogP contribution < -0.4 is 0 Å². The van der Waals surface area contributed by atoms with E-state index in [9.17, 15) is 34.5 Å². The number of hydrogen-bond acceptors (Lipinski definition) is 11. The van der Waals surface area contributed by atoms with Crippen LogP contribution in [-0.4, -0.2) is 89.2 Å². The van der Waals surface area contributed by atoms with E-state index in [1.54, 1.807) is 6.08 Å². The number of esters is 3. The lowest BCUT2D eigenvalue weighted by molar-refractivity contribution is -0.301. The van der Waals surface area contributed by atoms with Crippen LogP contribution in [0, 0.1) is 0 Å². The molecule has 0 aromatic rings. The molecule has 12 heteroatoms. The summed E-state index contributed by atoms with van der Waals surface area (Å²) in [4.78, 5) is 51.1. The normalized spacial score (nSPS) is 18.9. The molecular weight excluding hydrogens is 997 g/mol. The van der Waals surface area contributed by atoms with E-state index in [2.05, 4.69) is 130 Å². The average Bonchev–Trinajstić information content (AvgIpc) is 3.46. The molecular formula is C67H102O12. The Morgan fingerprint density at radius 3 is 1.33 bits per heavy atom. The number of carbonyl (C=O) groups is 4. The predicted molar refractivity (Wildman–Crippen MR) is 321 cm³/mol. The van der Waals surface area contributed by atoms with Gasteiger partial charge in [-0.05, 0) is 109 Å². The highest BCUT2D eigenvalue weighted by molar-refractivity contribution is 5.74. The van der Waals surface area contributed by atoms with Crippen LogP contribution in [0.3, 0.4) is 0 Å². The second kappa shape index (κ2) is 53.3. The van der Waals surface area contributed by atoms with Crippen molar-refractivity contribution in [1.29, 1.82) is 0 Å². The molecule has 0 bridgehead atoms. The molecule has 0 aliphatic carbocycles. The van der Waals surface area contributed by atoms with Crippen molar-refractivity contribution in [1.82, 2.24) is 0 Å². The monoisotopic (exact) mass is 1100 g/mol. The molecule has 0 aromatic heterocycles. The summed E-state index contributed by atoms with van der Waals surface area (Å²) in [5.74, 6) is -3.44. The zero-order valence-electron chi connectivity index (χ0n) is 48.5. The Morgan fingerprint density at radius 1 is 0.443 bits per heavy atom. The first kappa shape index (κ1) is 71.6. The number of rotatable bonds is 48. The van der Waals surface area contributed by atoms with Gasteiger partial charge < -0.3 is 39.0 Å². The number of carboxylic acids is 1. The van der Waals surface area contributed by atoms with E-state index < -0.39 is 73.9 Å². The van der Waals surface area contributed by atoms with E-state index in [1.165, 1.54) is 38.5 Å². The maximum absolute atomic E-state index is 13.1. The second-order valence-corrected chi connectivity index (χ2v) is 19.5. The van der Waals surface area contributed by atoms with E-state index in [-0.39, 0.29) is 19.3 Å². The van der Waals surface area contributed by atoms with Crippen molar-refractivity contribution in [2.24, 2.45) is 0 Å². The summed E-state index contributed by atoms with van der Waals surface area (Å²) in [6, 6.07) is 0. The van der Waals surface area contributed by atoms with Crippen LogP contribution in [0.25, 0.3) is 0 Å². The van der Waals surface area contributed by atoms with Gasteiger partial charge in [0.2, 0.25) is 0 Å². The lowest BCUT2D eigenvalue weighted by atomic mass is 9.98. The van der Waals surface area contributed by atoms with E-state index in [4.69, 9.17) is 23.7 Å². The van der Waals surface area contributed by atoms with Gasteiger partial charge in [0.25, 0.3) is 0 Å². The Labute approximate surface area is 476 Å².